The van der Waals surface area contributed by atoms with Gasteiger partial charge in [-0.15, -0.1) is 0 Å². The van der Waals surface area contributed by atoms with Crippen LogP contribution in [-0.4, -0.2) is 13.3 Å². The summed E-state index contributed by atoms with van der Waals surface area (Å²) in [4.78, 5) is 4.57. The molecule has 2 aromatic rings. The first-order valence-corrected chi connectivity index (χ1v) is 10.5. The Kier molecular flexibility index (Phi) is 4.96. The van der Waals surface area contributed by atoms with Crippen LogP contribution in [0.4, 0.5) is 0 Å². The fourth-order valence-corrected chi connectivity index (χ4v) is 9.07. The first-order valence-electron chi connectivity index (χ1n) is 8.33. The van der Waals surface area contributed by atoms with Crippen LogP contribution >= 0.6 is 0 Å². The smallest absolute Gasteiger partial charge is 0.258 e. The Balaban J connectivity index is 2.44. The minimum Gasteiger partial charge on any atom is -0.543 e. The quantitative estimate of drug-likeness (QED) is 0.622. The number of hydrogen-bond donors (Lipinski definition) is 0. The fraction of sp³-hybridized carbons (Fsp3) is 0.526. The summed E-state index contributed by atoms with van der Waals surface area (Å²) in [6.45, 7) is 15.9. The van der Waals surface area contributed by atoms with Crippen molar-refractivity contribution >= 4 is 19.2 Å². The van der Waals surface area contributed by atoms with E-state index in [1.165, 1.54) is 0 Å². The number of hydrogen-bond acceptors (Lipinski definition) is 2. The van der Waals surface area contributed by atoms with Crippen molar-refractivity contribution in [3.8, 4) is 5.75 Å². The number of pyridine rings is 1. The van der Waals surface area contributed by atoms with E-state index < -0.39 is 8.32 Å². The van der Waals surface area contributed by atoms with E-state index in [0.29, 0.717) is 16.6 Å². The molecule has 0 N–H and O–H groups in total. The highest BCUT2D eigenvalue weighted by Gasteiger charge is 2.46. The van der Waals surface area contributed by atoms with Crippen LogP contribution in [0.25, 0.3) is 10.9 Å². The van der Waals surface area contributed by atoms with Gasteiger partial charge in [-0.25, -0.2) is 0 Å². The van der Waals surface area contributed by atoms with Crippen LogP contribution < -0.4 is 4.43 Å². The maximum atomic E-state index is 6.74. The molecule has 0 bridgehead atoms. The number of aryl methyl sites for hydroxylation is 1. The number of aromatic nitrogens is 1. The molecule has 120 valence electrons. The summed E-state index contributed by atoms with van der Waals surface area (Å²) in [5.74, 6) is 1.00. The van der Waals surface area contributed by atoms with Gasteiger partial charge in [-0.05, 0) is 47.8 Å². The van der Waals surface area contributed by atoms with Gasteiger partial charge in [0.2, 0.25) is 0 Å². The summed E-state index contributed by atoms with van der Waals surface area (Å²) in [5, 5.41) is 1.15. The number of benzene rings is 1. The number of nitrogens with zero attached hydrogens (tertiary/aromatic N) is 1. The molecule has 3 heteroatoms. The summed E-state index contributed by atoms with van der Waals surface area (Å²) in [6, 6.07) is 10.5. The Morgan fingerprint density at radius 1 is 0.864 bits per heavy atom. The largest absolute Gasteiger partial charge is 0.543 e. The molecule has 2 rings (SSSR count). The van der Waals surface area contributed by atoms with E-state index in [-0.39, 0.29) is 0 Å². The molecular formula is C19H29NOSi. The third-order valence-corrected chi connectivity index (χ3v) is 10.8. The van der Waals surface area contributed by atoms with Gasteiger partial charge in [0.25, 0.3) is 8.32 Å². The maximum Gasteiger partial charge on any atom is 0.258 e. The van der Waals surface area contributed by atoms with Crippen molar-refractivity contribution in [2.75, 3.05) is 0 Å². The predicted molar refractivity (Wildman–Crippen MR) is 98.2 cm³/mol. The van der Waals surface area contributed by atoms with E-state index >= 15 is 0 Å². The molecule has 0 spiro atoms. The minimum absolute atomic E-state index is 0.583. The van der Waals surface area contributed by atoms with Crippen LogP contribution in [0, 0.1) is 6.92 Å². The third kappa shape index (κ3) is 3.05. The summed E-state index contributed by atoms with van der Waals surface area (Å²) in [6.07, 6.45) is 0. The van der Waals surface area contributed by atoms with Gasteiger partial charge in [0, 0.05) is 11.1 Å². The standard InChI is InChI=1S/C19H29NOSi/c1-13(2)22(14(3)4,15(5)6)21-18-10-11-19-17(12-18)9-8-16(7)20-19/h8-15H,1-7H3. The van der Waals surface area contributed by atoms with E-state index in [1.807, 2.05) is 6.92 Å². The van der Waals surface area contributed by atoms with E-state index in [0.717, 1.165) is 22.3 Å². The van der Waals surface area contributed by atoms with Gasteiger partial charge in [-0.3, -0.25) is 4.98 Å². The van der Waals surface area contributed by atoms with Crippen LogP contribution in [0.1, 0.15) is 47.2 Å². The number of rotatable bonds is 5. The Morgan fingerprint density at radius 3 is 2.00 bits per heavy atom. The van der Waals surface area contributed by atoms with Gasteiger partial charge in [0.05, 0.1) is 5.52 Å². The highest BCUT2D eigenvalue weighted by atomic mass is 28.4. The second-order valence-corrected chi connectivity index (χ2v) is 12.6. The average molecular weight is 316 g/mol. The second kappa shape index (κ2) is 6.41. The molecule has 0 aliphatic rings. The third-order valence-electron chi connectivity index (χ3n) is 4.80. The van der Waals surface area contributed by atoms with E-state index in [2.05, 4.69) is 76.9 Å². The molecule has 1 aromatic carbocycles. The summed E-state index contributed by atoms with van der Waals surface area (Å²) >= 11 is 0. The molecule has 0 unspecified atom stereocenters. The lowest BCUT2D eigenvalue weighted by molar-refractivity contribution is 0.480. The van der Waals surface area contributed by atoms with Crippen molar-refractivity contribution in [1.29, 1.82) is 0 Å². The fourth-order valence-electron chi connectivity index (χ4n) is 3.83. The zero-order valence-corrected chi connectivity index (χ0v) is 16.0. The van der Waals surface area contributed by atoms with Crippen LogP contribution in [0.5, 0.6) is 5.75 Å². The molecule has 0 saturated carbocycles. The molecule has 0 aliphatic carbocycles. The van der Waals surface area contributed by atoms with Crippen molar-refractivity contribution in [2.45, 2.75) is 65.1 Å². The van der Waals surface area contributed by atoms with Crippen molar-refractivity contribution in [3.05, 3.63) is 36.0 Å². The average Bonchev–Trinajstić information content (AvgIpc) is 2.43. The minimum atomic E-state index is -1.89. The van der Waals surface area contributed by atoms with Gasteiger partial charge in [-0.2, -0.15) is 0 Å². The van der Waals surface area contributed by atoms with Gasteiger partial charge >= 0.3 is 0 Å². The first kappa shape index (κ1) is 17.0. The molecule has 0 amide bonds. The van der Waals surface area contributed by atoms with Crippen molar-refractivity contribution in [3.63, 3.8) is 0 Å². The van der Waals surface area contributed by atoms with Crippen LogP contribution in [0.15, 0.2) is 30.3 Å². The molecule has 0 atom stereocenters. The lowest BCUT2D eigenvalue weighted by Crippen LogP contribution is -2.50. The maximum absolute atomic E-state index is 6.74. The van der Waals surface area contributed by atoms with E-state index in [4.69, 9.17) is 4.43 Å². The van der Waals surface area contributed by atoms with Gasteiger partial charge in [0.15, 0.2) is 0 Å². The van der Waals surface area contributed by atoms with Gasteiger partial charge in [0.1, 0.15) is 5.75 Å². The van der Waals surface area contributed by atoms with Crippen molar-refractivity contribution in [2.24, 2.45) is 0 Å². The van der Waals surface area contributed by atoms with Crippen LogP contribution in [0.3, 0.4) is 0 Å². The zero-order chi connectivity index (χ0) is 16.5. The molecule has 22 heavy (non-hydrogen) atoms. The highest BCUT2D eigenvalue weighted by Crippen LogP contribution is 2.43. The van der Waals surface area contributed by atoms with Crippen molar-refractivity contribution in [1.82, 2.24) is 4.98 Å². The molecule has 2 nitrogen and oxygen atoms in total. The predicted octanol–water partition coefficient (Wildman–Crippen LogP) is 6.10. The molecule has 1 aromatic heterocycles. The molecule has 0 aliphatic heterocycles. The number of fused-ring (bicyclic) bond motifs is 1. The highest BCUT2D eigenvalue weighted by molar-refractivity contribution is 6.78. The lowest BCUT2D eigenvalue weighted by Gasteiger charge is -2.42. The summed E-state index contributed by atoms with van der Waals surface area (Å²) < 4.78 is 6.74. The SMILES string of the molecule is Cc1ccc2cc(O[Si](C(C)C)(C(C)C)C(C)C)ccc2n1. The lowest BCUT2D eigenvalue weighted by atomic mass is 10.2. The molecule has 0 radical (unpaired) electrons. The topological polar surface area (TPSA) is 22.1 Å². The first-order chi connectivity index (χ1) is 10.3. The molecular weight excluding hydrogens is 286 g/mol. The van der Waals surface area contributed by atoms with E-state index in [1.54, 1.807) is 0 Å². The second-order valence-electron chi connectivity index (χ2n) is 7.23. The molecule has 0 saturated heterocycles. The van der Waals surface area contributed by atoms with Gasteiger partial charge in [-0.1, -0.05) is 47.6 Å². The normalized spacial score (nSPS) is 12.6. The van der Waals surface area contributed by atoms with Crippen molar-refractivity contribution < 1.29 is 4.43 Å². The zero-order valence-electron chi connectivity index (χ0n) is 15.0. The Morgan fingerprint density at radius 2 is 1.45 bits per heavy atom. The summed E-state index contributed by atoms with van der Waals surface area (Å²) in [7, 11) is -1.89. The van der Waals surface area contributed by atoms with Crippen LogP contribution in [0.2, 0.25) is 16.6 Å². The molecule has 1 heterocycles. The molecule has 0 fully saturated rings. The van der Waals surface area contributed by atoms with E-state index in [9.17, 15) is 0 Å². The Labute approximate surface area is 136 Å². The summed E-state index contributed by atoms with van der Waals surface area (Å²) in [5.41, 5.74) is 3.84. The Bertz CT molecular complexity index is 627. The monoisotopic (exact) mass is 315 g/mol. The Hall–Kier alpha value is -1.35. The van der Waals surface area contributed by atoms with Crippen LogP contribution in [-0.2, 0) is 0 Å². The van der Waals surface area contributed by atoms with Gasteiger partial charge < -0.3 is 4.43 Å².